The van der Waals surface area contributed by atoms with Gasteiger partial charge in [-0.2, -0.15) is 0 Å². The lowest BCUT2D eigenvalue weighted by Gasteiger charge is -2.34. The van der Waals surface area contributed by atoms with E-state index in [0.29, 0.717) is 13.1 Å². The topological polar surface area (TPSA) is 47.0 Å². The molecule has 1 aliphatic heterocycles. The SMILES string of the molecule is Cc1ccccc1CN(C)C(=O)CN1CCN(CCO)CC1. The maximum absolute atomic E-state index is 12.4. The normalized spacial score (nSPS) is 16.7. The van der Waals surface area contributed by atoms with Gasteiger partial charge in [-0.1, -0.05) is 24.3 Å². The number of likely N-dealkylation sites (N-methyl/N-ethyl adjacent to an activating group) is 1. The molecule has 5 heteroatoms. The van der Waals surface area contributed by atoms with E-state index in [9.17, 15) is 4.79 Å². The number of piperazine rings is 1. The average molecular weight is 305 g/mol. The minimum atomic E-state index is 0.166. The third kappa shape index (κ3) is 4.80. The van der Waals surface area contributed by atoms with Gasteiger partial charge in [-0.15, -0.1) is 0 Å². The van der Waals surface area contributed by atoms with Crippen molar-refractivity contribution >= 4 is 5.91 Å². The molecule has 0 unspecified atom stereocenters. The number of amides is 1. The zero-order chi connectivity index (χ0) is 15.9. The second-order valence-electron chi connectivity index (χ2n) is 6.02. The summed E-state index contributed by atoms with van der Waals surface area (Å²) in [6.07, 6.45) is 0. The Kier molecular flexibility index (Phi) is 6.36. The number of benzene rings is 1. The van der Waals surface area contributed by atoms with E-state index in [2.05, 4.69) is 28.9 Å². The van der Waals surface area contributed by atoms with Crippen molar-refractivity contribution < 1.29 is 9.90 Å². The Balaban J connectivity index is 1.79. The molecule has 1 aromatic carbocycles. The van der Waals surface area contributed by atoms with Crippen LogP contribution in [0.3, 0.4) is 0 Å². The lowest BCUT2D eigenvalue weighted by molar-refractivity contribution is -0.132. The fraction of sp³-hybridized carbons (Fsp3) is 0.588. The van der Waals surface area contributed by atoms with Gasteiger partial charge in [0.15, 0.2) is 0 Å². The Bertz CT molecular complexity index is 485. The molecule has 1 N–H and O–H groups in total. The molecule has 22 heavy (non-hydrogen) atoms. The Morgan fingerprint density at radius 2 is 1.82 bits per heavy atom. The molecule has 1 aliphatic rings. The van der Waals surface area contributed by atoms with Crippen molar-refractivity contribution in [1.29, 1.82) is 0 Å². The van der Waals surface area contributed by atoms with Crippen LogP contribution >= 0.6 is 0 Å². The van der Waals surface area contributed by atoms with Gasteiger partial charge in [-0.05, 0) is 18.1 Å². The summed E-state index contributed by atoms with van der Waals surface area (Å²) in [5.74, 6) is 0.166. The van der Waals surface area contributed by atoms with Crippen molar-refractivity contribution in [3.05, 3.63) is 35.4 Å². The van der Waals surface area contributed by atoms with Crippen molar-refractivity contribution in [1.82, 2.24) is 14.7 Å². The largest absolute Gasteiger partial charge is 0.395 e. The van der Waals surface area contributed by atoms with E-state index < -0.39 is 0 Å². The molecule has 0 aromatic heterocycles. The molecule has 1 heterocycles. The third-order valence-electron chi connectivity index (χ3n) is 4.33. The molecule has 0 spiro atoms. The zero-order valence-electron chi connectivity index (χ0n) is 13.7. The molecule has 1 amide bonds. The predicted molar refractivity (Wildman–Crippen MR) is 87.6 cm³/mol. The molecule has 1 fully saturated rings. The van der Waals surface area contributed by atoms with Crippen LogP contribution in [-0.2, 0) is 11.3 Å². The van der Waals surface area contributed by atoms with Crippen LogP contribution in [0.15, 0.2) is 24.3 Å². The molecule has 0 saturated carbocycles. The highest BCUT2D eigenvalue weighted by Gasteiger charge is 2.20. The second kappa shape index (κ2) is 8.27. The van der Waals surface area contributed by atoms with Gasteiger partial charge < -0.3 is 10.0 Å². The van der Waals surface area contributed by atoms with Crippen molar-refractivity contribution in [2.75, 3.05) is 52.9 Å². The van der Waals surface area contributed by atoms with Crippen molar-refractivity contribution in [2.24, 2.45) is 0 Å². The minimum absolute atomic E-state index is 0.166. The summed E-state index contributed by atoms with van der Waals surface area (Å²) in [6, 6.07) is 8.19. The maximum Gasteiger partial charge on any atom is 0.236 e. The molecule has 5 nitrogen and oxygen atoms in total. The monoisotopic (exact) mass is 305 g/mol. The van der Waals surface area contributed by atoms with Gasteiger partial charge in [0.05, 0.1) is 13.2 Å². The van der Waals surface area contributed by atoms with Crippen LogP contribution in [-0.4, -0.2) is 78.6 Å². The molecule has 1 aromatic rings. The number of carbonyl (C=O) groups excluding carboxylic acids is 1. The fourth-order valence-electron chi connectivity index (χ4n) is 2.76. The summed E-state index contributed by atoms with van der Waals surface area (Å²) < 4.78 is 0. The van der Waals surface area contributed by atoms with Crippen LogP contribution in [0.25, 0.3) is 0 Å². The lowest BCUT2D eigenvalue weighted by Crippen LogP contribution is -2.50. The van der Waals surface area contributed by atoms with Crippen LogP contribution in [0.4, 0.5) is 0 Å². The Labute approximate surface area is 133 Å². The molecule has 0 bridgehead atoms. The summed E-state index contributed by atoms with van der Waals surface area (Å²) in [7, 11) is 1.87. The highest BCUT2D eigenvalue weighted by Crippen LogP contribution is 2.10. The summed E-state index contributed by atoms with van der Waals surface area (Å²) in [5.41, 5.74) is 2.42. The quantitative estimate of drug-likeness (QED) is 0.834. The van der Waals surface area contributed by atoms with E-state index in [1.54, 1.807) is 0 Å². The fourth-order valence-corrected chi connectivity index (χ4v) is 2.76. The van der Waals surface area contributed by atoms with Gasteiger partial charge in [-0.25, -0.2) is 0 Å². The van der Waals surface area contributed by atoms with Gasteiger partial charge in [0, 0.05) is 46.3 Å². The highest BCUT2D eigenvalue weighted by atomic mass is 16.3. The van der Waals surface area contributed by atoms with Crippen LogP contribution in [0.1, 0.15) is 11.1 Å². The second-order valence-corrected chi connectivity index (χ2v) is 6.02. The highest BCUT2D eigenvalue weighted by molar-refractivity contribution is 5.78. The number of aliphatic hydroxyl groups excluding tert-OH is 1. The number of rotatable bonds is 6. The summed E-state index contributed by atoms with van der Waals surface area (Å²) in [4.78, 5) is 18.6. The maximum atomic E-state index is 12.4. The van der Waals surface area contributed by atoms with Crippen LogP contribution in [0.2, 0.25) is 0 Å². The van der Waals surface area contributed by atoms with Gasteiger partial charge in [0.1, 0.15) is 0 Å². The van der Waals surface area contributed by atoms with Crippen molar-refractivity contribution in [3.8, 4) is 0 Å². The Hall–Kier alpha value is -1.43. The van der Waals surface area contributed by atoms with E-state index in [0.717, 1.165) is 32.7 Å². The predicted octanol–water partition coefficient (Wildman–Crippen LogP) is 0.563. The lowest BCUT2D eigenvalue weighted by atomic mass is 10.1. The van der Waals surface area contributed by atoms with E-state index in [1.807, 2.05) is 24.1 Å². The first kappa shape index (κ1) is 16.9. The number of nitrogens with zero attached hydrogens (tertiary/aromatic N) is 3. The molecule has 0 radical (unpaired) electrons. The number of aliphatic hydroxyl groups is 1. The Morgan fingerprint density at radius 1 is 1.18 bits per heavy atom. The number of β-amino-alcohol motifs (C(OH)–C–C–N with tert-alkyl or cyclic N) is 1. The van der Waals surface area contributed by atoms with Gasteiger partial charge >= 0.3 is 0 Å². The molecular weight excluding hydrogens is 278 g/mol. The van der Waals surface area contributed by atoms with Gasteiger partial charge in [0.25, 0.3) is 0 Å². The van der Waals surface area contributed by atoms with Gasteiger partial charge in [-0.3, -0.25) is 14.6 Å². The first-order valence-electron chi connectivity index (χ1n) is 7.94. The van der Waals surface area contributed by atoms with Crippen LogP contribution in [0, 0.1) is 6.92 Å². The Morgan fingerprint density at radius 3 is 2.45 bits per heavy atom. The summed E-state index contributed by atoms with van der Waals surface area (Å²) in [6.45, 7) is 7.80. The molecular formula is C17H27N3O2. The number of aryl methyl sites for hydroxylation is 1. The smallest absolute Gasteiger partial charge is 0.236 e. The van der Waals surface area contributed by atoms with Crippen molar-refractivity contribution in [2.45, 2.75) is 13.5 Å². The zero-order valence-corrected chi connectivity index (χ0v) is 13.7. The standard InChI is InChI=1S/C17H27N3O2/c1-15-5-3-4-6-16(15)13-18(2)17(22)14-20-9-7-19(8-10-20)11-12-21/h3-6,21H,7-14H2,1-2H3. The van der Waals surface area contributed by atoms with Crippen LogP contribution < -0.4 is 0 Å². The summed E-state index contributed by atoms with van der Waals surface area (Å²) >= 11 is 0. The first-order chi connectivity index (χ1) is 10.6. The minimum Gasteiger partial charge on any atom is -0.395 e. The van der Waals surface area contributed by atoms with Crippen molar-refractivity contribution in [3.63, 3.8) is 0 Å². The molecule has 2 rings (SSSR count). The molecule has 0 aliphatic carbocycles. The van der Waals surface area contributed by atoms with E-state index in [-0.39, 0.29) is 12.5 Å². The van der Waals surface area contributed by atoms with E-state index in [4.69, 9.17) is 5.11 Å². The molecule has 122 valence electrons. The number of hydrogen-bond acceptors (Lipinski definition) is 4. The first-order valence-corrected chi connectivity index (χ1v) is 7.94. The van der Waals surface area contributed by atoms with E-state index >= 15 is 0 Å². The number of carbonyl (C=O) groups is 1. The molecule has 1 saturated heterocycles. The molecule has 0 atom stereocenters. The van der Waals surface area contributed by atoms with E-state index in [1.165, 1.54) is 11.1 Å². The van der Waals surface area contributed by atoms with Gasteiger partial charge in [0.2, 0.25) is 5.91 Å². The average Bonchev–Trinajstić information content (AvgIpc) is 2.51. The third-order valence-corrected chi connectivity index (χ3v) is 4.33. The number of hydrogen-bond donors (Lipinski definition) is 1. The summed E-state index contributed by atoms with van der Waals surface area (Å²) in [5, 5.41) is 8.95. The van der Waals surface area contributed by atoms with Crippen LogP contribution in [0.5, 0.6) is 0 Å².